The minimum Gasteiger partial charge on any atom is -0.378 e. The summed E-state index contributed by atoms with van der Waals surface area (Å²) in [5.74, 6) is 0.803. The van der Waals surface area contributed by atoms with E-state index in [1.807, 2.05) is 6.07 Å². The van der Waals surface area contributed by atoms with Gasteiger partial charge in [-0.05, 0) is 29.2 Å². The Bertz CT molecular complexity index is 483. The van der Waals surface area contributed by atoms with Gasteiger partial charge in [-0.25, -0.2) is 9.97 Å². The molecule has 0 radical (unpaired) electrons. The van der Waals surface area contributed by atoms with Gasteiger partial charge in [-0.15, -0.1) is 0 Å². The number of anilines is 1. The predicted octanol–water partition coefficient (Wildman–Crippen LogP) is 3.39. The summed E-state index contributed by atoms with van der Waals surface area (Å²) >= 11 is 0. The van der Waals surface area contributed by atoms with Crippen LogP contribution < -0.4 is 5.32 Å². The summed E-state index contributed by atoms with van der Waals surface area (Å²) < 4.78 is 0. The van der Waals surface area contributed by atoms with Crippen LogP contribution in [0.5, 0.6) is 0 Å². The topological polar surface area (TPSA) is 37.8 Å². The third-order valence-corrected chi connectivity index (χ3v) is 2.82. The van der Waals surface area contributed by atoms with E-state index in [9.17, 15) is 0 Å². The molecule has 3 heteroatoms. The molecule has 3 nitrogen and oxygen atoms in total. The van der Waals surface area contributed by atoms with Crippen LogP contribution in [0, 0.1) is 0 Å². The Balaban J connectivity index is 1.99. The lowest BCUT2D eigenvalue weighted by Crippen LogP contribution is -2.11. The molecule has 0 saturated heterocycles. The molecular formula is C15H19N3. The van der Waals surface area contributed by atoms with Crippen molar-refractivity contribution in [3.8, 4) is 0 Å². The largest absolute Gasteiger partial charge is 0.378 e. The van der Waals surface area contributed by atoms with Gasteiger partial charge in [0.05, 0.1) is 6.54 Å². The highest BCUT2D eigenvalue weighted by atomic mass is 15.0. The van der Waals surface area contributed by atoms with Crippen LogP contribution in [0.25, 0.3) is 0 Å². The van der Waals surface area contributed by atoms with Gasteiger partial charge in [0.2, 0.25) is 0 Å². The smallest absolute Gasteiger partial charge is 0.147 e. The molecule has 0 bridgehead atoms. The standard InChI is InChI=1S/C15H19N3/c1-15(2,3)12-5-7-13(8-6-12)18-11-14-16-9-4-10-17-14/h4-10,18H,11H2,1-3H3. The Morgan fingerprint density at radius 3 is 2.17 bits per heavy atom. The van der Waals surface area contributed by atoms with Gasteiger partial charge >= 0.3 is 0 Å². The van der Waals surface area contributed by atoms with Crippen LogP contribution in [0.15, 0.2) is 42.7 Å². The Morgan fingerprint density at radius 1 is 1.00 bits per heavy atom. The second-order valence-corrected chi connectivity index (χ2v) is 5.35. The van der Waals surface area contributed by atoms with E-state index in [0.29, 0.717) is 6.54 Å². The van der Waals surface area contributed by atoms with Crippen LogP contribution >= 0.6 is 0 Å². The van der Waals surface area contributed by atoms with Crippen LogP contribution in [0.2, 0.25) is 0 Å². The summed E-state index contributed by atoms with van der Waals surface area (Å²) in [5.41, 5.74) is 2.63. The van der Waals surface area contributed by atoms with Crippen LogP contribution in [0.4, 0.5) is 5.69 Å². The fourth-order valence-corrected chi connectivity index (χ4v) is 1.69. The van der Waals surface area contributed by atoms with Crippen molar-refractivity contribution < 1.29 is 0 Å². The second-order valence-electron chi connectivity index (χ2n) is 5.35. The van der Waals surface area contributed by atoms with Crippen LogP contribution in [0.3, 0.4) is 0 Å². The quantitative estimate of drug-likeness (QED) is 0.895. The van der Waals surface area contributed by atoms with Crippen molar-refractivity contribution >= 4 is 5.69 Å². The van der Waals surface area contributed by atoms with Gasteiger partial charge in [-0.1, -0.05) is 32.9 Å². The third-order valence-electron chi connectivity index (χ3n) is 2.82. The van der Waals surface area contributed by atoms with Gasteiger partial charge < -0.3 is 5.32 Å². The Kier molecular flexibility index (Phi) is 3.60. The van der Waals surface area contributed by atoms with E-state index in [4.69, 9.17) is 0 Å². The van der Waals surface area contributed by atoms with Crippen molar-refractivity contribution in [2.75, 3.05) is 5.32 Å². The maximum absolute atomic E-state index is 4.18. The number of aromatic nitrogens is 2. The molecule has 0 saturated carbocycles. The molecular weight excluding hydrogens is 222 g/mol. The van der Waals surface area contributed by atoms with Gasteiger partial charge in [-0.3, -0.25) is 0 Å². The Hall–Kier alpha value is -1.90. The fourth-order valence-electron chi connectivity index (χ4n) is 1.69. The molecule has 0 atom stereocenters. The highest BCUT2D eigenvalue weighted by Crippen LogP contribution is 2.23. The molecule has 0 aliphatic rings. The lowest BCUT2D eigenvalue weighted by Gasteiger charge is -2.19. The molecule has 1 aromatic heterocycles. The molecule has 2 aromatic rings. The summed E-state index contributed by atoms with van der Waals surface area (Å²) in [5, 5.41) is 3.31. The van der Waals surface area contributed by atoms with E-state index in [0.717, 1.165) is 11.5 Å². The van der Waals surface area contributed by atoms with Gasteiger partial charge in [0.25, 0.3) is 0 Å². The van der Waals surface area contributed by atoms with Crippen molar-refractivity contribution in [3.05, 3.63) is 54.1 Å². The zero-order chi connectivity index (χ0) is 13.0. The highest BCUT2D eigenvalue weighted by Gasteiger charge is 2.12. The number of hydrogen-bond donors (Lipinski definition) is 1. The number of hydrogen-bond acceptors (Lipinski definition) is 3. The van der Waals surface area contributed by atoms with Crippen molar-refractivity contribution in [1.82, 2.24) is 9.97 Å². The van der Waals surface area contributed by atoms with E-state index in [1.54, 1.807) is 12.4 Å². The van der Waals surface area contributed by atoms with Crippen molar-refractivity contribution in [2.24, 2.45) is 0 Å². The van der Waals surface area contributed by atoms with E-state index in [-0.39, 0.29) is 5.41 Å². The first-order valence-electron chi connectivity index (χ1n) is 6.16. The van der Waals surface area contributed by atoms with Crippen LogP contribution in [0.1, 0.15) is 32.2 Å². The molecule has 0 fully saturated rings. The molecule has 0 aliphatic carbocycles. The maximum atomic E-state index is 4.18. The average molecular weight is 241 g/mol. The third kappa shape index (κ3) is 3.29. The number of benzene rings is 1. The lowest BCUT2D eigenvalue weighted by atomic mass is 9.87. The van der Waals surface area contributed by atoms with Crippen molar-refractivity contribution in [1.29, 1.82) is 0 Å². The minimum absolute atomic E-state index is 0.196. The SMILES string of the molecule is CC(C)(C)c1ccc(NCc2ncccn2)cc1. The first-order chi connectivity index (χ1) is 8.55. The van der Waals surface area contributed by atoms with Crippen LogP contribution in [-0.2, 0) is 12.0 Å². The number of nitrogens with one attached hydrogen (secondary N) is 1. The summed E-state index contributed by atoms with van der Waals surface area (Å²) in [6.45, 7) is 7.30. The summed E-state index contributed by atoms with van der Waals surface area (Å²) in [4.78, 5) is 8.35. The molecule has 0 spiro atoms. The first kappa shape index (κ1) is 12.6. The molecule has 1 aromatic carbocycles. The predicted molar refractivity (Wildman–Crippen MR) is 74.5 cm³/mol. The molecule has 1 heterocycles. The second kappa shape index (κ2) is 5.17. The van der Waals surface area contributed by atoms with Gasteiger partial charge in [0, 0.05) is 18.1 Å². The zero-order valence-electron chi connectivity index (χ0n) is 11.1. The van der Waals surface area contributed by atoms with Gasteiger partial charge in [0.1, 0.15) is 5.82 Å². The molecule has 0 amide bonds. The van der Waals surface area contributed by atoms with Crippen molar-refractivity contribution in [3.63, 3.8) is 0 Å². The molecule has 18 heavy (non-hydrogen) atoms. The fraction of sp³-hybridized carbons (Fsp3) is 0.333. The minimum atomic E-state index is 0.196. The van der Waals surface area contributed by atoms with Crippen molar-refractivity contribution in [2.45, 2.75) is 32.7 Å². The molecule has 1 N–H and O–H groups in total. The Morgan fingerprint density at radius 2 is 1.61 bits per heavy atom. The van der Waals surface area contributed by atoms with E-state index < -0.39 is 0 Å². The van der Waals surface area contributed by atoms with E-state index in [2.05, 4.69) is 60.3 Å². The van der Waals surface area contributed by atoms with E-state index in [1.165, 1.54) is 5.56 Å². The maximum Gasteiger partial charge on any atom is 0.147 e. The van der Waals surface area contributed by atoms with Crippen LogP contribution in [-0.4, -0.2) is 9.97 Å². The first-order valence-corrected chi connectivity index (χ1v) is 6.16. The monoisotopic (exact) mass is 241 g/mol. The van der Waals surface area contributed by atoms with Gasteiger partial charge in [-0.2, -0.15) is 0 Å². The highest BCUT2D eigenvalue weighted by molar-refractivity contribution is 5.45. The molecule has 2 rings (SSSR count). The summed E-state index contributed by atoms with van der Waals surface area (Å²) in [6, 6.07) is 10.3. The number of rotatable bonds is 3. The molecule has 0 unspecified atom stereocenters. The molecule has 94 valence electrons. The number of nitrogens with zero attached hydrogens (tertiary/aromatic N) is 2. The zero-order valence-corrected chi connectivity index (χ0v) is 11.1. The summed E-state index contributed by atoms with van der Waals surface area (Å²) in [7, 11) is 0. The van der Waals surface area contributed by atoms with E-state index >= 15 is 0 Å². The molecule has 0 aliphatic heterocycles. The normalized spacial score (nSPS) is 11.3. The van der Waals surface area contributed by atoms with Gasteiger partial charge in [0.15, 0.2) is 0 Å². The lowest BCUT2D eigenvalue weighted by molar-refractivity contribution is 0.590. The summed E-state index contributed by atoms with van der Waals surface area (Å²) in [6.07, 6.45) is 3.51. The average Bonchev–Trinajstić information content (AvgIpc) is 2.37. The Labute approximate surface area is 108 Å².